The van der Waals surface area contributed by atoms with Crippen LogP contribution in [0.5, 0.6) is 0 Å². The van der Waals surface area contributed by atoms with E-state index in [1.54, 1.807) is 6.07 Å². The number of rotatable bonds is 7. The van der Waals surface area contributed by atoms with E-state index >= 15 is 0 Å². The van der Waals surface area contributed by atoms with Crippen molar-refractivity contribution in [3.63, 3.8) is 0 Å². The standard InChI is InChI=1S/C13H15N3O5/c1-9(2)19-4-5-20-13(18)11-7-15-8-16(11)21-12(17)10(3)6-14/h7-9H,3-5H2,1-2H3. The summed E-state index contributed by atoms with van der Waals surface area (Å²) in [4.78, 5) is 31.6. The van der Waals surface area contributed by atoms with E-state index in [1.165, 1.54) is 6.20 Å². The zero-order valence-corrected chi connectivity index (χ0v) is 11.7. The molecule has 0 N–H and O–H groups in total. The maximum absolute atomic E-state index is 11.8. The average Bonchev–Trinajstić information content (AvgIpc) is 2.90. The number of aromatic nitrogens is 2. The molecule has 0 atom stereocenters. The molecule has 0 aliphatic rings. The number of esters is 1. The predicted octanol–water partition coefficient (Wildman–Crippen LogP) is 0.500. The highest BCUT2D eigenvalue weighted by Gasteiger charge is 2.18. The van der Waals surface area contributed by atoms with Gasteiger partial charge in [-0.15, -0.1) is 0 Å². The minimum atomic E-state index is -0.979. The van der Waals surface area contributed by atoms with E-state index in [2.05, 4.69) is 11.6 Å². The first kappa shape index (κ1) is 16.4. The number of imidazole rings is 1. The number of hydrogen-bond donors (Lipinski definition) is 0. The summed E-state index contributed by atoms with van der Waals surface area (Å²) >= 11 is 0. The van der Waals surface area contributed by atoms with E-state index in [0.29, 0.717) is 0 Å². The van der Waals surface area contributed by atoms with Gasteiger partial charge >= 0.3 is 11.9 Å². The SMILES string of the molecule is C=C(C#N)C(=O)On1cncc1C(=O)OCCOC(C)C. The van der Waals surface area contributed by atoms with Gasteiger partial charge in [0.25, 0.3) is 0 Å². The van der Waals surface area contributed by atoms with Crippen LogP contribution in [0.2, 0.25) is 0 Å². The van der Waals surface area contributed by atoms with E-state index < -0.39 is 17.5 Å². The molecule has 1 aromatic heterocycles. The third-order valence-electron chi connectivity index (χ3n) is 2.15. The van der Waals surface area contributed by atoms with Crippen LogP contribution in [0.15, 0.2) is 24.7 Å². The van der Waals surface area contributed by atoms with Crippen molar-refractivity contribution in [2.24, 2.45) is 0 Å². The molecule has 1 aromatic rings. The Morgan fingerprint density at radius 3 is 2.81 bits per heavy atom. The molecular formula is C13H15N3O5. The van der Waals surface area contributed by atoms with Crippen LogP contribution in [0, 0.1) is 11.3 Å². The Labute approximate surface area is 121 Å². The van der Waals surface area contributed by atoms with Crippen LogP contribution < -0.4 is 4.84 Å². The second-order valence-electron chi connectivity index (χ2n) is 4.13. The Kier molecular flexibility index (Phi) is 6.10. The molecule has 0 saturated heterocycles. The van der Waals surface area contributed by atoms with Crippen molar-refractivity contribution in [3.8, 4) is 6.07 Å². The fourth-order valence-corrected chi connectivity index (χ4v) is 1.18. The fraction of sp³-hybridized carbons (Fsp3) is 0.385. The van der Waals surface area contributed by atoms with Gasteiger partial charge < -0.3 is 14.3 Å². The van der Waals surface area contributed by atoms with Crippen LogP contribution in [-0.4, -0.2) is 41.0 Å². The summed E-state index contributed by atoms with van der Waals surface area (Å²) in [7, 11) is 0. The molecule has 0 bridgehead atoms. The van der Waals surface area contributed by atoms with Crippen molar-refractivity contribution >= 4 is 11.9 Å². The molecule has 0 aliphatic heterocycles. The quantitative estimate of drug-likeness (QED) is 0.312. The lowest BCUT2D eigenvalue weighted by Crippen LogP contribution is -2.24. The molecule has 0 aromatic carbocycles. The molecule has 0 saturated carbocycles. The highest BCUT2D eigenvalue weighted by atomic mass is 16.7. The lowest BCUT2D eigenvalue weighted by atomic mass is 10.3. The number of nitrogens with zero attached hydrogens (tertiary/aromatic N) is 3. The van der Waals surface area contributed by atoms with Crippen molar-refractivity contribution in [2.75, 3.05) is 13.2 Å². The molecule has 8 heteroatoms. The van der Waals surface area contributed by atoms with Crippen molar-refractivity contribution in [3.05, 3.63) is 30.4 Å². The second-order valence-corrected chi connectivity index (χ2v) is 4.13. The Morgan fingerprint density at radius 2 is 2.19 bits per heavy atom. The van der Waals surface area contributed by atoms with Crippen molar-refractivity contribution in [1.82, 2.24) is 9.71 Å². The van der Waals surface area contributed by atoms with Gasteiger partial charge in [-0.3, -0.25) is 0 Å². The van der Waals surface area contributed by atoms with Gasteiger partial charge in [-0.05, 0) is 13.8 Å². The lowest BCUT2D eigenvalue weighted by molar-refractivity contribution is -0.139. The van der Waals surface area contributed by atoms with Gasteiger partial charge in [-0.1, -0.05) is 6.58 Å². The van der Waals surface area contributed by atoms with Gasteiger partial charge in [0.2, 0.25) is 0 Å². The highest BCUT2D eigenvalue weighted by Crippen LogP contribution is 2.02. The number of carbonyl (C=O) groups excluding carboxylic acids is 2. The molecule has 1 heterocycles. The Hall–Kier alpha value is -2.66. The van der Waals surface area contributed by atoms with Crippen molar-refractivity contribution in [1.29, 1.82) is 5.26 Å². The van der Waals surface area contributed by atoms with Gasteiger partial charge in [0.15, 0.2) is 5.69 Å². The molecule has 0 fully saturated rings. The normalized spacial score (nSPS) is 10.0. The highest BCUT2D eigenvalue weighted by molar-refractivity contribution is 5.92. The summed E-state index contributed by atoms with van der Waals surface area (Å²) in [6.45, 7) is 7.23. The monoisotopic (exact) mass is 293 g/mol. The zero-order valence-electron chi connectivity index (χ0n) is 11.7. The molecule has 112 valence electrons. The summed E-state index contributed by atoms with van der Waals surface area (Å²) in [5, 5.41) is 8.52. The fourth-order valence-electron chi connectivity index (χ4n) is 1.18. The topological polar surface area (TPSA) is 103 Å². The van der Waals surface area contributed by atoms with Gasteiger partial charge in [0.1, 0.15) is 24.6 Å². The first-order valence-corrected chi connectivity index (χ1v) is 6.08. The molecule has 0 aliphatic carbocycles. The molecule has 8 nitrogen and oxygen atoms in total. The average molecular weight is 293 g/mol. The maximum atomic E-state index is 11.8. The smallest absolute Gasteiger partial charge is 0.373 e. The number of carbonyl (C=O) groups is 2. The minimum Gasteiger partial charge on any atom is -0.458 e. The van der Waals surface area contributed by atoms with Crippen molar-refractivity contribution in [2.45, 2.75) is 20.0 Å². The number of hydrogen-bond acceptors (Lipinski definition) is 7. The van der Waals surface area contributed by atoms with Gasteiger partial charge in [-0.25, -0.2) is 14.6 Å². The summed E-state index contributed by atoms with van der Waals surface area (Å²) in [6.07, 6.45) is 2.31. The molecule has 1 rings (SSSR count). The van der Waals surface area contributed by atoms with Gasteiger partial charge in [-0.2, -0.15) is 9.99 Å². The Balaban J connectivity index is 2.58. The first-order chi connectivity index (χ1) is 9.95. The summed E-state index contributed by atoms with van der Waals surface area (Å²) < 4.78 is 11.0. The van der Waals surface area contributed by atoms with Crippen LogP contribution >= 0.6 is 0 Å². The van der Waals surface area contributed by atoms with Gasteiger partial charge in [0.05, 0.1) is 18.9 Å². The summed E-state index contributed by atoms with van der Waals surface area (Å²) in [6, 6.07) is 1.54. The summed E-state index contributed by atoms with van der Waals surface area (Å²) in [5.41, 5.74) is -0.480. The third kappa shape index (κ3) is 5.08. The predicted molar refractivity (Wildman–Crippen MR) is 69.9 cm³/mol. The third-order valence-corrected chi connectivity index (χ3v) is 2.15. The van der Waals surface area contributed by atoms with Crippen molar-refractivity contribution < 1.29 is 23.9 Å². The van der Waals surface area contributed by atoms with E-state index in [1.807, 2.05) is 13.8 Å². The van der Waals surface area contributed by atoms with E-state index in [4.69, 9.17) is 19.6 Å². The molecule has 0 amide bonds. The largest absolute Gasteiger partial charge is 0.458 e. The van der Waals surface area contributed by atoms with Crippen LogP contribution in [0.3, 0.4) is 0 Å². The van der Waals surface area contributed by atoms with Gasteiger partial charge in [0, 0.05) is 0 Å². The van der Waals surface area contributed by atoms with Crippen LogP contribution in [0.25, 0.3) is 0 Å². The molecule has 0 radical (unpaired) electrons. The summed E-state index contributed by atoms with van der Waals surface area (Å²) in [5.74, 6) is -1.71. The number of nitriles is 1. The molecular weight excluding hydrogens is 278 g/mol. The number of ether oxygens (including phenoxy) is 2. The maximum Gasteiger partial charge on any atom is 0.373 e. The molecule has 0 spiro atoms. The molecule has 0 unspecified atom stereocenters. The first-order valence-electron chi connectivity index (χ1n) is 6.08. The Bertz CT molecular complexity index is 571. The second kappa shape index (κ2) is 7.81. The lowest BCUT2D eigenvalue weighted by Gasteiger charge is -2.09. The van der Waals surface area contributed by atoms with Crippen LogP contribution in [0.1, 0.15) is 24.3 Å². The Morgan fingerprint density at radius 1 is 1.48 bits per heavy atom. The van der Waals surface area contributed by atoms with Crippen LogP contribution in [-0.2, 0) is 14.3 Å². The minimum absolute atomic E-state index is 0.0344. The zero-order chi connectivity index (χ0) is 15.8. The van der Waals surface area contributed by atoms with Crippen LogP contribution in [0.4, 0.5) is 0 Å². The molecule has 21 heavy (non-hydrogen) atoms. The van der Waals surface area contributed by atoms with E-state index in [9.17, 15) is 9.59 Å². The van der Waals surface area contributed by atoms with E-state index in [-0.39, 0.29) is 25.0 Å². The van der Waals surface area contributed by atoms with E-state index in [0.717, 1.165) is 11.1 Å².